The van der Waals surface area contributed by atoms with Crippen LogP contribution in [0, 0.1) is 0 Å². The van der Waals surface area contributed by atoms with Gasteiger partial charge in [-0.25, -0.2) is 4.68 Å². The summed E-state index contributed by atoms with van der Waals surface area (Å²) < 4.78 is 41.7. The summed E-state index contributed by atoms with van der Waals surface area (Å²) >= 11 is 0. The molecule has 1 atom stereocenters. The average molecular weight is 380 g/mol. The molecule has 2 aromatic rings. The van der Waals surface area contributed by atoms with Crippen LogP contribution in [-0.4, -0.2) is 46.3 Å². The fraction of sp³-hybridized carbons (Fsp3) is 0.474. The minimum absolute atomic E-state index is 0.253. The predicted octanol–water partition coefficient (Wildman–Crippen LogP) is 3.50. The molecule has 1 unspecified atom stereocenters. The molecular weight excluding hydrogens is 357 g/mol. The maximum Gasteiger partial charge on any atom is 0.434 e. The number of carbonyl (C=O) groups is 1. The Hall–Kier alpha value is -2.35. The van der Waals surface area contributed by atoms with Crippen LogP contribution in [0.1, 0.15) is 42.2 Å². The fourth-order valence-electron chi connectivity index (χ4n) is 3.43. The van der Waals surface area contributed by atoms with Gasteiger partial charge in [0.1, 0.15) is 0 Å². The number of nitrogens with zero attached hydrogens (tertiary/aromatic N) is 3. The number of rotatable bonds is 5. The second kappa shape index (κ2) is 8.12. The van der Waals surface area contributed by atoms with Gasteiger partial charge in [-0.15, -0.1) is 0 Å². The van der Waals surface area contributed by atoms with Crippen molar-refractivity contribution >= 4 is 5.91 Å². The van der Waals surface area contributed by atoms with Crippen LogP contribution in [-0.2, 0) is 6.18 Å². The molecule has 1 aromatic heterocycles. The van der Waals surface area contributed by atoms with Gasteiger partial charge in [-0.05, 0) is 45.0 Å². The Labute approximate surface area is 156 Å². The van der Waals surface area contributed by atoms with Crippen LogP contribution in [0.25, 0.3) is 5.69 Å². The molecule has 1 fully saturated rings. The lowest BCUT2D eigenvalue weighted by Crippen LogP contribution is -2.44. The molecule has 0 saturated carbocycles. The first kappa shape index (κ1) is 19.4. The van der Waals surface area contributed by atoms with Crippen molar-refractivity contribution in [2.75, 3.05) is 19.6 Å². The Morgan fingerprint density at radius 1 is 1.19 bits per heavy atom. The van der Waals surface area contributed by atoms with E-state index in [1.54, 1.807) is 25.1 Å². The van der Waals surface area contributed by atoms with Crippen LogP contribution in [0.2, 0.25) is 0 Å². The second-order valence-corrected chi connectivity index (χ2v) is 6.89. The van der Waals surface area contributed by atoms with Crippen molar-refractivity contribution in [3.05, 3.63) is 47.8 Å². The second-order valence-electron chi connectivity index (χ2n) is 6.89. The molecule has 1 amide bonds. The van der Waals surface area contributed by atoms with Crippen molar-refractivity contribution in [3.63, 3.8) is 0 Å². The largest absolute Gasteiger partial charge is 0.434 e. The van der Waals surface area contributed by atoms with Gasteiger partial charge in [-0.2, -0.15) is 18.3 Å². The average Bonchev–Trinajstić information content (AvgIpc) is 3.09. The number of carbonyl (C=O) groups excluding carboxylic acids is 1. The molecule has 1 aromatic carbocycles. The van der Waals surface area contributed by atoms with Crippen molar-refractivity contribution in [1.29, 1.82) is 0 Å². The highest BCUT2D eigenvalue weighted by Crippen LogP contribution is 2.33. The number of hydrogen-bond acceptors (Lipinski definition) is 3. The molecule has 0 spiro atoms. The van der Waals surface area contributed by atoms with E-state index in [4.69, 9.17) is 0 Å². The van der Waals surface area contributed by atoms with Gasteiger partial charge in [0, 0.05) is 12.6 Å². The normalized spacial score (nSPS) is 16.9. The summed E-state index contributed by atoms with van der Waals surface area (Å²) in [7, 11) is 0. The Morgan fingerprint density at radius 3 is 2.48 bits per heavy atom. The summed E-state index contributed by atoms with van der Waals surface area (Å²) in [6, 6.07) is 7.73. The van der Waals surface area contributed by atoms with E-state index < -0.39 is 23.3 Å². The fourth-order valence-corrected chi connectivity index (χ4v) is 3.43. The lowest BCUT2D eigenvalue weighted by molar-refractivity contribution is -0.143. The highest BCUT2D eigenvalue weighted by Gasteiger charge is 2.40. The van der Waals surface area contributed by atoms with E-state index in [1.807, 2.05) is 0 Å². The first-order valence-corrected chi connectivity index (χ1v) is 9.10. The Balaban J connectivity index is 1.79. The zero-order valence-corrected chi connectivity index (χ0v) is 15.2. The lowest BCUT2D eigenvalue weighted by Gasteiger charge is -2.29. The summed E-state index contributed by atoms with van der Waals surface area (Å²) in [5, 5.41) is 6.51. The lowest BCUT2D eigenvalue weighted by atomic mass is 10.1. The van der Waals surface area contributed by atoms with Crippen molar-refractivity contribution in [3.8, 4) is 5.69 Å². The Bertz CT molecular complexity index is 767. The molecule has 146 valence electrons. The van der Waals surface area contributed by atoms with Gasteiger partial charge in [0.15, 0.2) is 5.69 Å². The van der Waals surface area contributed by atoms with E-state index in [0.717, 1.165) is 36.8 Å². The molecule has 0 aliphatic carbocycles. The first-order valence-electron chi connectivity index (χ1n) is 9.10. The van der Waals surface area contributed by atoms with E-state index in [2.05, 4.69) is 15.3 Å². The van der Waals surface area contributed by atoms with Crippen molar-refractivity contribution in [2.45, 2.75) is 38.4 Å². The van der Waals surface area contributed by atoms with E-state index in [1.165, 1.54) is 18.6 Å². The smallest absolute Gasteiger partial charge is 0.348 e. The molecule has 1 N–H and O–H groups in total. The molecule has 3 rings (SSSR count). The van der Waals surface area contributed by atoms with Crippen LogP contribution in [0.15, 0.2) is 36.5 Å². The van der Waals surface area contributed by atoms with Crippen LogP contribution in [0.5, 0.6) is 0 Å². The SMILES string of the molecule is CC(CN1CCCCC1)NC(=O)c1cnn(-c2ccccc2)c1C(F)(F)F. The predicted molar refractivity (Wildman–Crippen MR) is 95.8 cm³/mol. The molecule has 0 bridgehead atoms. The van der Waals surface area contributed by atoms with Crippen molar-refractivity contribution < 1.29 is 18.0 Å². The monoisotopic (exact) mass is 380 g/mol. The number of aromatic nitrogens is 2. The third kappa shape index (κ3) is 4.68. The van der Waals surface area contributed by atoms with E-state index in [0.29, 0.717) is 6.54 Å². The number of para-hydroxylation sites is 1. The minimum atomic E-state index is -4.70. The van der Waals surface area contributed by atoms with Crippen LogP contribution in [0.3, 0.4) is 0 Å². The number of amides is 1. The van der Waals surface area contributed by atoms with E-state index >= 15 is 0 Å². The number of benzene rings is 1. The van der Waals surface area contributed by atoms with Gasteiger partial charge in [0.2, 0.25) is 0 Å². The molecule has 2 heterocycles. The number of piperidine rings is 1. The third-order valence-corrected chi connectivity index (χ3v) is 4.64. The number of hydrogen-bond donors (Lipinski definition) is 1. The van der Waals surface area contributed by atoms with Gasteiger partial charge in [0.25, 0.3) is 5.91 Å². The van der Waals surface area contributed by atoms with Gasteiger partial charge in [-0.3, -0.25) is 4.79 Å². The first-order chi connectivity index (χ1) is 12.9. The maximum absolute atomic E-state index is 13.6. The van der Waals surface area contributed by atoms with E-state index in [9.17, 15) is 18.0 Å². The van der Waals surface area contributed by atoms with Gasteiger partial charge >= 0.3 is 6.18 Å². The van der Waals surface area contributed by atoms with Crippen LogP contribution >= 0.6 is 0 Å². The van der Waals surface area contributed by atoms with Crippen LogP contribution < -0.4 is 5.32 Å². The number of likely N-dealkylation sites (tertiary alicyclic amines) is 1. The minimum Gasteiger partial charge on any atom is -0.348 e. The summed E-state index contributed by atoms with van der Waals surface area (Å²) in [6.45, 7) is 4.35. The summed E-state index contributed by atoms with van der Waals surface area (Å²) in [5.74, 6) is -0.756. The number of halogens is 3. The summed E-state index contributed by atoms with van der Waals surface area (Å²) in [4.78, 5) is 14.8. The quantitative estimate of drug-likeness (QED) is 0.864. The zero-order valence-electron chi connectivity index (χ0n) is 15.2. The van der Waals surface area contributed by atoms with Crippen LogP contribution in [0.4, 0.5) is 13.2 Å². The highest BCUT2D eigenvalue weighted by atomic mass is 19.4. The Kier molecular flexibility index (Phi) is 5.84. The number of alkyl halides is 3. The molecule has 5 nitrogen and oxygen atoms in total. The van der Waals surface area contributed by atoms with Gasteiger partial charge < -0.3 is 10.2 Å². The molecule has 1 aliphatic rings. The van der Waals surface area contributed by atoms with Crippen molar-refractivity contribution in [1.82, 2.24) is 20.0 Å². The topological polar surface area (TPSA) is 50.2 Å². The molecule has 27 heavy (non-hydrogen) atoms. The summed E-state index contributed by atoms with van der Waals surface area (Å²) in [5.41, 5.74) is -1.27. The van der Waals surface area contributed by atoms with Gasteiger partial charge in [0.05, 0.1) is 17.4 Å². The molecule has 8 heteroatoms. The Morgan fingerprint density at radius 2 is 1.85 bits per heavy atom. The van der Waals surface area contributed by atoms with E-state index in [-0.39, 0.29) is 11.7 Å². The molecular formula is C19H23F3N4O. The third-order valence-electron chi connectivity index (χ3n) is 4.64. The number of nitrogens with one attached hydrogen (secondary N) is 1. The van der Waals surface area contributed by atoms with Gasteiger partial charge in [-0.1, -0.05) is 24.6 Å². The zero-order chi connectivity index (χ0) is 19.4. The standard InChI is InChI=1S/C19H23F3N4O/c1-14(13-25-10-6-3-7-11-25)24-18(27)16-12-23-26(17(16)19(20,21)22)15-8-4-2-5-9-15/h2,4-5,8-9,12,14H,3,6-7,10-11,13H2,1H3,(H,24,27). The highest BCUT2D eigenvalue weighted by molar-refractivity contribution is 5.95. The molecule has 0 radical (unpaired) electrons. The van der Waals surface area contributed by atoms with Crippen molar-refractivity contribution in [2.24, 2.45) is 0 Å². The molecule has 1 aliphatic heterocycles. The summed E-state index contributed by atoms with van der Waals surface area (Å²) in [6.07, 6.45) is -0.287. The maximum atomic E-state index is 13.6. The molecule has 1 saturated heterocycles.